The summed E-state index contributed by atoms with van der Waals surface area (Å²) >= 11 is 0. The third kappa shape index (κ3) is 21.0. The van der Waals surface area contributed by atoms with Gasteiger partial charge >= 0.3 is 11.9 Å². The molecule has 4 heteroatoms. The molecule has 0 rings (SSSR count). The summed E-state index contributed by atoms with van der Waals surface area (Å²) in [5, 5.41) is 0. The van der Waals surface area contributed by atoms with Gasteiger partial charge < -0.3 is 9.47 Å². The van der Waals surface area contributed by atoms with Crippen LogP contribution in [0.2, 0.25) is 0 Å². The monoisotopic (exact) mass is 370 g/mol. The van der Waals surface area contributed by atoms with Crippen molar-refractivity contribution in [3.05, 3.63) is 0 Å². The predicted molar refractivity (Wildman–Crippen MR) is 107 cm³/mol. The van der Waals surface area contributed by atoms with Crippen LogP contribution in [0.3, 0.4) is 0 Å². The first-order valence-electron chi connectivity index (χ1n) is 11.0. The van der Waals surface area contributed by atoms with E-state index in [0.29, 0.717) is 6.42 Å². The van der Waals surface area contributed by atoms with Crippen LogP contribution < -0.4 is 0 Å². The van der Waals surface area contributed by atoms with Crippen LogP contribution in [0.5, 0.6) is 0 Å². The van der Waals surface area contributed by atoms with E-state index < -0.39 is 0 Å². The summed E-state index contributed by atoms with van der Waals surface area (Å²) < 4.78 is 9.70. The van der Waals surface area contributed by atoms with Crippen LogP contribution in [-0.4, -0.2) is 25.2 Å². The molecule has 0 bridgehead atoms. The van der Waals surface area contributed by atoms with Gasteiger partial charge in [0.25, 0.3) is 0 Å². The molecule has 0 radical (unpaired) electrons. The number of carbonyl (C=O) groups excluding carboxylic acids is 2. The van der Waals surface area contributed by atoms with Gasteiger partial charge in [-0.25, -0.2) is 0 Å². The molecule has 0 atom stereocenters. The SMILES string of the molecule is CCCCCCCCCCCCCCCCCC(=O)OCCOC(C)=O. The number of esters is 2. The van der Waals surface area contributed by atoms with Crippen molar-refractivity contribution in [2.45, 2.75) is 117 Å². The molecule has 0 aliphatic carbocycles. The van der Waals surface area contributed by atoms with Crippen LogP contribution in [0.4, 0.5) is 0 Å². The Hall–Kier alpha value is -1.06. The van der Waals surface area contributed by atoms with Crippen molar-refractivity contribution < 1.29 is 19.1 Å². The summed E-state index contributed by atoms with van der Waals surface area (Å²) in [5.41, 5.74) is 0. The number of rotatable bonds is 19. The maximum Gasteiger partial charge on any atom is 0.305 e. The number of ether oxygens (including phenoxy) is 2. The Morgan fingerprint density at radius 1 is 0.577 bits per heavy atom. The van der Waals surface area contributed by atoms with Crippen molar-refractivity contribution in [1.82, 2.24) is 0 Å². The Morgan fingerprint density at radius 2 is 0.962 bits per heavy atom. The maximum absolute atomic E-state index is 11.5. The topological polar surface area (TPSA) is 52.6 Å². The second-order valence-electron chi connectivity index (χ2n) is 7.26. The Kier molecular flexibility index (Phi) is 19.4. The fraction of sp³-hybridized carbons (Fsp3) is 0.909. The summed E-state index contributed by atoms with van der Waals surface area (Å²) in [5.74, 6) is -0.532. The molecule has 4 nitrogen and oxygen atoms in total. The highest BCUT2D eigenvalue weighted by molar-refractivity contribution is 5.69. The minimum Gasteiger partial charge on any atom is -0.462 e. The fourth-order valence-electron chi connectivity index (χ4n) is 3.05. The average molecular weight is 371 g/mol. The largest absolute Gasteiger partial charge is 0.462 e. The Morgan fingerprint density at radius 3 is 1.38 bits per heavy atom. The normalized spacial score (nSPS) is 10.7. The number of hydrogen-bond donors (Lipinski definition) is 0. The predicted octanol–water partition coefficient (Wildman–Crippen LogP) is 6.35. The van der Waals surface area contributed by atoms with Crippen molar-refractivity contribution in [3.8, 4) is 0 Å². The molecule has 0 saturated heterocycles. The molecule has 0 amide bonds. The lowest BCUT2D eigenvalue weighted by atomic mass is 10.0. The van der Waals surface area contributed by atoms with Crippen molar-refractivity contribution in [1.29, 1.82) is 0 Å². The summed E-state index contributed by atoms with van der Waals surface area (Å²) in [7, 11) is 0. The first-order chi connectivity index (χ1) is 12.7. The van der Waals surface area contributed by atoms with E-state index in [-0.39, 0.29) is 25.2 Å². The molecule has 0 aromatic carbocycles. The first-order valence-corrected chi connectivity index (χ1v) is 11.0. The van der Waals surface area contributed by atoms with Gasteiger partial charge in [-0.05, 0) is 6.42 Å². The van der Waals surface area contributed by atoms with Gasteiger partial charge in [-0.15, -0.1) is 0 Å². The smallest absolute Gasteiger partial charge is 0.305 e. The van der Waals surface area contributed by atoms with Crippen LogP contribution in [0.1, 0.15) is 117 Å². The number of unbranched alkanes of at least 4 members (excludes halogenated alkanes) is 14. The van der Waals surface area contributed by atoms with Crippen LogP contribution in [-0.2, 0) is 19.1 Å². The zero-order valence-electron chi connectivity index (χ0n) is 17.4. The second-order valence-corrected chi connectivity index (χ2v) is 7.26. The molecule has 0 N–H and O–H groups in total. The molecular formula is C22H42O4. The van der Waals surface area contributed by atoms with Crippen molar-refractivity contribution in [3.63, 3.8) is 0 Å². The van der Waals surface area contributed by atoms with Crippen molar-refractivity contribution in [2.24, 2.45) is 0 Å². The van der Waals surface area contributed by atoms with Gasteiger partial charge in [0.1, 0.15) is 13.2 Å². The zero-order chi connectivity index (χ0) is 19.3. The van der Waals surface area contributed by atoms with Gasteiger partial charge in [-0.3, -0.25) is 9.59 Å². The maximum atomic E-state index is 11.5. The molecule has 0 saturated carbocycles. The van der Waals surface area contributed by atoms with Crippen LogP contribution in [0.15, 0.2) is 0 Å². The average Bonchev–Trinajstić information content (AvgIpc) is 2.62. The molecule has 154 valence electrons. The third-order valence-corrected chi connectivity index (χ3v) is 4.64. The summed E-state index contributed by atoms with van der Waals surface area (Å²) in [6.45, 7) is 3.93. The Labute approximate surface area is 161 Å². The molecule has 0 aliphatic rings. The van der Waals surface area contributed by atoms with Gasteiger partial charge in [-0.2, -0.15) is 0 Å². The van der Waals surface area contributed by atoms with Gasteiger partial charge in [0.2, 0.25) is 0 Å². The molecule has 0 aromatic rings. The van der Waals surface area contributed by atoms with E-state index in [9.17, 15) is 9.59 Å². The van der Waals surface area contributed by atoms with E-state index in [2.05, 4.69) is 6.92 Å². The summed E-state index contributed by atoms with van der Waals surface area (Å²) in [6.07, 6.45) is 20.2. The quantitative estimate of drug-likeness (QED) is 0.196. The molecule has 0 fully saturated rings. The van der Waals surface area contributed by atoms with Gasteiger partial charge in [0.15, 0.2) is 0 Å². The second kappa shape index (κ2) is 20.3. The van der Waals surface area contributed by atoms with E-state index in [1.54, 1.807) is 0 Å². The van der Waals surface area contributed by atoms with Gasteiger partial charge in [0.05, 0.1) is 0 Å². The highest BCUT2D eigenvalue weighted by Crippen LogP contribution is 2.13. The summed E-state index contributed by atoms with van der Waals surface area (Å²) in [6, 6.07) is 0. The number of carbonyl (C=O) groups is 2. The molecule has 0 aliphatic heterocycles. The Balaban J connectivity index is 3.12. The Bertz CT molecular complexity index is 328. The molecule has 0 aromatic heterocycles. The highest BCUT2D eigenvalue weighted by atomic mass is 16.6. The van der Waals surface area contributed by atoms with E-state index in [4.69, 9.17) is 9.47 Å². The van der Waals surface area contributed by atoms with E-state index >= 15 is 0 Å². The minimum atomic E-state index is -0.344. The minimum absolute atomic E-state index is 0.153. The van der Waals surface area contributed by atoms with E-state index in [0.717, 1.165) is 12.8 Å². The summed E-state index contributed by atoms with van der Waals surface area (Å²) in [4.78, 5) is 22.0. The molecule has 0 heterocycles. The number of hydrogen-bond acceptors (Lipinski definition) is 4. The fourth-order valence-corrected chi connectivity index (χ4v) is 3.05. The molecule has 0 spiro atoms. The lowest BCUT2D eigenvalue weighted by Gasteiger charge is -2.05. The first kappa shape index (κ1) is 24.9. The lowest BCUT2D eigenvalue weighted by Crippen LogP contribution is -2.12. The van der Waals surface area contributed by atoms with Gasteiger partial charge in [0, 0.05) is 13.3 Å². The van der Waals surface area contributed by atoms with E-state index in [1.807, 2.05) is 0 Å². The van der Waals surface area contributed by atoms with E-state index in [1.165, 1.54) is 90.4 Å². The van der Waals surface area contributed by atoms with Crippen LogP contribution in [0, 0.1) is 0 Å². The standard InChI is InChI=1S/C22H42O4/c1-3-4-5-6-7-8-9-10-11-12-13-14-15-16-17-18-22(24)26-20-19-25-21(2)23/h3-20H2,1-2H3. The zero-order valence-corrected chi connectivity index (χ0v) is 17.4. The molecule has 26 heavy (non-hydrogen) atoms. The van der Waals surface area contributed by atoms with Crippen LogP contribution in [0.25, 0.3) is 0 Å². The lowest BCUT2D eigenvalue weighted by molar-refractivity contribution is -0.151. The van der Waals surface area contributed by atoms with Crippen molar-refractivity contribution >= 4 is 11.9 Å². The third-order valence-electron chi connectivity index (χ3n) is 4.64. The molecular weight excluding hydrogens is 328 g/mol. The van der Waals surface area contributed by atoms with Crippen molar-refractivity contribution in [2.75, 3.05) is 13.2 Å². The van der Waals surface area contributed by atoms with Gasteiger partial charge in [-0.1, -0.05) is 96.8 Å². The van der Waals surface area contributed by atoms with Crippen LogP contribution >= 0.6 is 0 Å². The highest BCUT2D eigenvalue weighted by Gasteiger charge is 2.03. The molecule has 0 unspecified atom stereocenters.